The number of fused-ring (bicyclic) bond motifs is 1. The molecule has 0 fully saturated rings. The van der Waals surface area contributed by atoms with Crippen molar-refractivity contribution >= 4 is 16.8 Å². The fourth-order valence-electron chi connectivity index (χ4n) is 1.74. The van der Waals surface area contributed by atoms with Crippen molar-refractivity contribution in [3.63, 3.8) is 0 Å². The van der Waals surface area contributed by atoms with E-state index in [9.17, 15) is 4.79 Å². The van der Waals surface area contributed by atoms with E-state index in [0.29, 0.717) is 5.56 Å². The van der Waals surface area contributed by atoms with Crippen molar-refractivity contribution in [2.24, 2.45) is 0 Å². The number of para-hydroxylation sites is 1. The van der Waals surface area contributed by atoms with E-state index in [1.165, 1.54) is 12.2 Å². The summed E-state index contributed by atoms with van der Waals surface area (Å²) < 4.78 is 0. The van der Waals surface area contributed by atoms with Crippen molar-refractivity contribution in [2.45, 2.75) is 6.92 Å². The van der Waals surface area contributed by atoms with E-state index >= 15 is 0 Å². The van der Waals surface area contributed by atoms with Gasteiger partial charge < -0.3 is 0 Å². The first kappa shape index (κ1) is 11.5. The van der Waals surface area contributed by atoms with Gasteiger partial charge in [-0.15, -0.1) is 0 Å². The lowest BCUT2D eigenvalue weighted by Crippen LogP contribution is -2.25. The first-order chi connectivity index (χ1) is 8.13. The van der Waals surface area contributed by atoms with Gasteiger partial charge in [0.25, 0.3) is 5.91 Å². The van der Waals surface area contributed by atoms with E-state index in [1.54, 1.807) is 13.1 Å². The van der Waals surface area contributed by atoms with E-state index < -0.39 is 0 Å². The predicted octanol–water partition coefficient (Wildman–Crippen LogP) is 2.18. The summed E-state index contributed by atoms with van der Waals surface area (Å²) in [4.78, 5) is 21.4. The normalized spacial score (nSPS) is 10.5. The molecule has 0 aliphatic rings. The Labute approximate surface area is 99.8 Å². The Morgan fingerprint density at radius 2 is 2.06 bits per heavy atom. The van der Waals surface area contributed by atoms with E-state index in [0.717, 1.165) is 16.6 Å². The molecule has 0 saturated heterocycles. The third-order valence-corrected chi connectivity index (χ3v) is 2.63. The van der Waals surface area contributed by atoms with Crippen LogP contribution in [0.3, 0.4) is 0 Å². The molecule has 1 aromatic carbocycles. The molecule has 2 aromatic rings. The number of hydroxylamine groups is 2. The molecule has 0 bridgehead atoms. The summed E-state index contributed by atoms with van der Waals surface area (Å²) in [5, 5.41) is 2.05. The van der Waals surface area contributed by atoms with Crippen molar-refractivity contribution < 1.29 is 9.63 Å². The number of rotatable bonds is 2. The molecule has 0 N–H and O–H groups in total. The van der Waals surface area contributed by atoms with Gasteiger partial charge in [0.2, 0.25) is 0 Å². The number of hydrogen-bond donors (Lipinski definition) is 0. The third kappa shape index (κ3) is 2.12. The highest BCUT2D eigenvalue weighted by Crippen LogP contribution is 2.19. The predicted molar refractivity (Wildman–Crippen MR) is 65.6 cm³/mol. The highest BCUT2D eigenvalue weighted by molar-refractivity contribution is 6.05. The van der Waals surface area contributed by atoms with Crippen LogP contribution in [0.5, 0.6) is 0 Å². The Bertz CT molecular complexity index is 566. The van der Waals surface area contributed by atoms with Crippen molar-refractivity contribution in [3.05, 3.63) is 41.6 Å². The summed E-state index contributed by atoms with van der Waals surface area (Å²) in [6, 6.07) is 9.36. The van der Waals surface area contributed by atoms with Crippen LogP contribution in [0.1, 0.15) is 16.1 Å². The molecule has 88 valence electrons. The maximum atomic E-state index is 12.1. The second-order valence-electron chi connectivity index (χ2n) is 3.81. The molecule has 17 heavy (non-hydrogen) atoms. The maximum Gasteiger partial charge on any atom is 0.277 e. The number of amides is 1. The molecule has 1 aromatic heterocycles. The number of nitrogens with zero attached hydrogens (tertiary/aromatic N) is 2. The average Bonchev–Trinajstić information content (AvgIpc) is 2.35. The highest BCUT2D eigenvalue weighted by atomic mass is 16.7. The first-order valence-electron chi connectivity index (χ1n) is 5.32. The summed E-state index contributed by atoms with van der Waals surface area (Å²) in [5.74, 6) is -0.172. The summed E-state index contributed by atoms with van der Waals surface area (Å²) in [7, 11) is 3.06. The quantitative estimate of drug-likeness (QED) is 0.742. The number of carbonyl (C=O) groups excluding carboxylic acids is 1. The number of pyridine rings is 1. The van der Waals surface area contributed by atoms with Crippen LogP contribution in [0, 0.1) is 6.92 Å². The van der Waals surface area contributed by atoms with Crippen LogP contribution in [0.4, 0.5) is 0 Å². The van der Waals surface area contributed by atoms with E-state index in [2.05, 4.69) is 4.98 Å². The molecule has 2 rings (SSSR count). The molecule has 1 heterocycles. The number of hydrogen-bond acceptors (Lipinski definition) is 3. The molecular weight excluding hydrogens is 216 g/mol. The zero-order chi connectivity index (χ0) is 12.4. The van der Waals surface area contributed by atoms with Gasteiger partial charge in [-0.1, -0.05) is 18.2 Å². The smallest absolute Gasteiger partial charge is 0.274 e. The van der Waals surface area contributed by atoms with E-state index in [-0.39, 0.29) is 5.91 Å². The number of carbonyl (C=O) groups is 1. The second-order valence-corrected chi connectivity index (χ2v) is 3.81. The molecular formula is C13H14N2O2. The van der Waals surface area contributed by atoms with E-state index in [1.807, 2.05) is 31.2 Å². The summed E-state index contributed by atoms with van der Waals surface area (Å²) >= 11 is 0. The Kier molecular flexibility index (Phi) is 3.06. The van der Waals surface area contributed by atoms with Gasteiger partial charge in [0, 0.05) is 18.1 Å². The van der Waals surface area contributed by atoms with Gasteiger partial charge in [0.05, 0.1) is 18.2 Å². The molecule has 0 saturated carbocycles. The Hall–Kier alpha value is -1.94. The van der Waals surface area contributed by atoms with Crippen LogP contribution in [-0.2, 0) is 4.84 Å². The van der Waals surface area contributed by atoms with E-state index in [4.69, 9.17) is 4.84 Å². The van der Waals surface area contributed by atoms with Crippen LogP contribution in [-0.4, -0.2) is 30.1 Å². The molecule has 1 amide bonds. The van der Waals surface area contributed by atoms with Crippen molar-refractivity contribution in [1.82, 2.24) is 10.0 Å². The Morgan fingerprint density at radius 3 is 2.76 bits per heavy atom. The fraction of sp³-hybridized carbons (Fsp3) is 0.231. The molecule has 0 spiro atoms. The largest absolute Gasteiger partial charge is 0.277 e. The molecule has 0 radical (unpaired) electrons. The molecule has 0 unspecified atom stereocenters. The maximum absolute atomic E-state index is 12.1. The molecule has 4 nitrogen and oxygen atoms in total. The van der Waals surface area contributed by atoms with Crippen LogP contribution >= 0.6 is 0 Å². The molecule has 0 atom stereocenters. The zero-order valence-corrected chi connectivity index (χ0v) is 10.1. The van der Waals surface area contributed by atoms with Gasteiger partial charge in [-0.2, -0.15) is 0 Å². The summed E-state index contributed by atoms with van der Waals surface area (Å²) in [6.07, 6.45) is 0. The average molecular weight is 230 g/mol. The van der Waals surface area contributed by atoms with Gasteiger partial charge in [0.1, 0.15) is 0 Å². The number of benzene rings is 1. The molecule has 0 aliphatic heterocycles. The monoisotopic (exact) mass is 230 g/mol. The van der Waals surface area contributed by atoms with Crippen molar-refractivity contribution in [3.8, 4) is 0 Å². The van der Waals surface area contributed by atoms with Gasteiger partial charge >= 0.3 is 0 Å². The van der Waals surface area contributed by atoms with Gasteiger partial charge in [-0.25, -0.2) is 5.06 Å². The zero-order valence-electron chi connectivity index (χ0n) is 10.1. The lowest BCUT2D eigenvalue weighted by Gasteiger charge is -2.15. The van der Waals surface area contributed by atoms with Crippen LogP contribution in [0.25, 0.3) is 10.9 Å². The van der Waals surface area contributed by atoms with Crippen LogP contribution < -0.4 is 0 Å². The number of aryl methyl sites for hydroxylation is 1. The lowest BCUT2D eigenvalue weighted by atomic mass is 10.1. The SMILES string of the molecule is CON(C)C(=O)c1cc(C)nc2ccccc12. The van der Waals surface area contributed by atoms with Crippen molar-refractivity contribution in [2.75, 3.05) is 14.2 Å². The number of aromatic nitrogens is 1. The Balaban J connectivity index is 2.64. The Morgan fingerprint density at radius 1 is 1.35 bits per heavy atom. The minimum Gasteiger partial charge on any atom is -0.274 e. The molecule has 0 aliphatic carbocycles. The topological polar surface area (TPSA) is 42.4 Å². The summed E-state index contributed by atoms with van der Waals surface area (Å²) in [6.45, 7) is 1.87. The first-order valence-corrected chi connectivity index (χ1v) is 5.32. The van der Waals surface area contributed by atoms with Gasteiger partial charge in [0.15, 0.2) is 0 Å². The molecule has 4 heteroatoms. The summed E-state index contributed by atoms with van der Waals surface area (Å²) in [5.41, 5.74) is 2.24. The lowest BCUT2D eigenvalue weighted by molar-refractivity contribution is -0.0755. The standard InChI is InChI=1S/C13H14N2O2/c1-9-8-11(13(16)15(2)17-3)10-6-4-5-7-12(10)14-9/h4-8H,1-3H3. The van der Waals surface area contributed by atoms with Crippen LogP contribution in [0.2, 0.25) is 0 Å². The van der Waals surface area contributed by atoms with Crippen LogP contribution in [0.15, 0.2) is 30.3 Å². The van der Waals surface area contributed by atoms with Gasteiger partial charge in [-0.3, -0.25) is 14.6 Å². The third-order valence-electron chi connectivity index (χ3n) is 2.63. The highest BCUT2D eigenvalue weighted by Gasteiger charge is 2.15. The van der Waals surface area contributed by atoms with Crippen molar-refractivity contribution in [1.29, 1.82) is 0 Å². The second kappa shape index (κ2) is 4.51. The fourth-order valence-corrected chi connectivity index (χ4v) is 1.74. The van der Waals surface area contributed by atoms with Gasteiger partial charge in [-0.05, 0) is 19.1 Å². The minimum atomic E-state index is -0.172. The minimum absolute atomic E-state index is 0.172.